The first-order valence-electron chi connectivity index (χ1n) is 8.39. The van der Waals surface area contributed by atoms with E-state index in [1.807, 2.05) is 34.9 Å². The summed E-state index contributed by atoms with van der Waals surface area (Å²) in [5.41, 5.74) is 1.34. The number of aliphatic carboxylic acids is 1. The molecule has 3 aromatic rings. The van der Waals surface area contributed by atoms with Gasteiger partial charge in [0.2, 0.25) is 0 Å². The summed E-state index contributed by atoms with van der Waals surface area (Å²) < 4.78 is 35.5. The first-order chi connectivity index (χ1) is 13.0. The number of ether oxygens (including phenoxy) is 1. The summed E-state index contributed by atoms with van der Waals surface area (Å²) in [6, 6.07) is 11.9. The van der Waals surface area contributed by atoms with Crippen molar-refractivity contribution < 1.29 is 23.4 Å². The maximum Gasteiger partial charge on any atom is 0.303 e. The topological polar surface area (TPSA) is 64.3 Å². The molecular formula is C20H18F2N2O3. The Hall–Kier alpha value is -3.22. The minimum absolute atomic E-state index is 0.0466. The molecule has 1 N–H and O–H groups in total. The van der Waals surface area contributed by atoms with Crippen LogP contribution in [0.4, 0.5) is 8.78 Å². The van der Waals surface area contributed by atoms with Crippen LogP contribution in [0.5, 0.6) is 5.75 Å². The van der Waals surface area contributed by atoms with Gasteiger partial charge < -0.3 is 14.4 Å². The Morgan fingerprint density at radius 1 is 1.11 bits per heavy atom. The van der Waals surface area contributed by atoms with Gasteiger partial charge >= 0.3 is 5.97 Å². The second-order valence-electron chi connectivity index (χ2n) is 6.03. The van der Waals surface area contributed by atoms with Gasteiger partial charge in [0.15, 0.2) is 17.4 Å². The Morgan fingerprint density at radius 2 is 1.81 bits per heavy atom. The zero-order chi connectivity index (χ0) is 19.2. The van der Waals surface area contributed by atoms with Crippen LogP contribution in [0.15, 0.2) is 54.9 Å². The number of carbonyl (C=O) groups is 1. The average molecular weight is 372 g/mol. The smallest absolute Gasteiger partial charge is 0.303 e. The lowest BCUT2D eigenvalue weighted by Crippen LogP contribution is -2.09. The van der Waals surface area contributed by atoms with E-state index in [1.165, 1.54) is 0 Å². The van der Waals surface area contributed by atoms with Gasteiger partial charge in [0.1, 0.15) is 12.4 Å². The van der Waals surface area contributed by atoms with E-state index in [1.54, 1.807) is 12.4 Å². The van der Waals surface area contributed by atoms with Crippen molar-refractivity contribution in [2.75, 3.05) is 0 Å². The van der Waals surface area contributed by atoms with Crippen molar-refractivity contribution in [1.29, 1.82) is 0 Å². The molecule has 0 aliphatic carbocycles. The molecule has 5 nitrogen and oxygen atoms in total. The molecule has 0 spiro atoms. The predicted molar refractivity (Wildman–Crippen MR) is 94.4 cm³/mol. The van der Waals surface area contributed by atoms with Crippen molar-refractivity contribution in [2.45, 2.75) is 26.0 Å². The normalized spacial score (nSPS) is 10.7. The van der Waals surface area contributed by atoms with Gasteiger partial charge in [-0.15, -0.1) is 0 Å². The SMILES string of the molecule is O=C(O)CCc1cc(F)c(OCc2nccn2Cc2ccccc2)c(F)c1. The fraction of sp³-hybridized carbons (Fsp3) is 0.200. The fourth-order valence-corrected chi connectivity index (χ4v) is 2.69. The molecule has 0 radical (unpaired) electrons. The second kappa shape index (κ2) is 8.44. The number of hydrogen-bond acceptors (Lipinski definition) is 3. The summed E-state index contributed by atoms with van der Waals surface area (Å²) in [5, 5.41) is 8.67. The molecular weight excluding hydrogens is 354 g/mol. The first kappa shape index (κ1) is 18.6. The lowest BCUT2D eigenvalue weighted by molar-refractivity contribution is -0.136. The monoisotopic (exact) mass is 372 g/mol. The van der Waals surface area contributed by atoms with E-state index in [0.29, 0.717) is 12.4 Å². The molecule has 1 heterocycles. The van der Waals surface area contributed by atoms with Gasteiger partial charge in [0, 0.05) is 25.4 Å². The van der Waals surface area contributed by atoms with Crippen LogP contribution >= 0.6 is 0 Å². The lowest BCUT2D eigenvalue weighted by atomic mass is 10.1. The van der Waals surface area contributed by atoms with Crippen LogP contribution in [0.25, 0.3) is 0 Å². The van der Waals surface area contributed by atoms with Crippen LogP contribution in [0.2, 0.25) is 0 Å². The van der Waals surface area contributed by atoms with Crippen LogP contribution in [0, 0.1) is 11.6 Å². The van der Waals surface area contributed by atoms with Crippen molar-refractivity contribution in [3.8, 4) is 5.75 Å². The molecule has 1 aromatic heterocycles. The molecule has 0 aliphatic heterocycles. The number of carboxylic acid groups (broad SMARTS) is 1. The number of aryl methyl sites for hydroxylation is 1. The molecule has 0 saturated heterocycles. The third-order valence-corrected chi connectivity index (χ3v) is 4.03. The molecule has 0 amide bonds. The first-order valence-corrected chi connectivity index (χ1v) is 8.39. The molecule has 27 heavy (non-hydrogen) atoms. The minimum Gasteiger partial charge on any atom is -0.481 e. The molecule has 3 rings (SSSR count). The number of rotatable bonds is 8. The minimum atomic E-state index is -1.03. The Balaban J connectivity index is 1.69. The number of imidazole rings is 1. The molecule has 0 fully saturated rings. The third kappa shape index (κ3) is 4.91. The molecule has 0 bridgehead atoms. The Labute approximate surface area is 154 Å². The van der Waals surface area contributed by atoms with Gasteiger partial charge in [-0.3, -0.25) is 4.79 Å². The van der Waals surface area contributed by atoms with E-state index < -0.39 is 23.4 Å². The largest absolute Gasteiger partial charge is 0.481 e. The standard InChI is InChI=1S/C20H18F2N2O3/c21-16-10-15(6-7-19(25)26)11-17(22)20(16)27-13-18-23-8-9-24(18)12-14-4-2-1-3-5-14/h1-5,8-11H,6-7,12-13H2,(H,25,26). The maximum atomic E-state index is 14.2. The highest BCUT2D eigenvalue weighted by Gasteiger charge is 2.15. The highest BCUT2D eigenvalue weighted by atomic mass is 19.1. The van der Waals surface area contributed by atoms with Crippen LogP contribution in [-0.2, 0) is 24.4 Å². The Kier molecular flexibility index (Phi) is 5.80. The third-order valence-electron chi connectivity index (χ3n) is 4.03. The summed E-state index contributed by atoms with van der Waals surface area (Å²) in [6.45, 7) is 0.473. The van der Waals surface area contributed by atoms with Gasteiger partial charge in [-0.05, 0) is 29.7 Å². The molecule has 140 valence electrons. The molecule has 0 unspecified atom stereocenters. The van der Waals surface area contributed by atoms with Crippen molar-refractivity contribution in [3.05, 3.63) is 83.4 Å². The van der Waals surface area contributed by atoms with Crippen molar-refractivity contribution in [3.63, 3.8) is 0 Å². The van der Waals surface area contributed by atoms with E-state index in [-0.39, 0.29) is 25.0 Å². The zero-order valence-electron chi connectivity index (χ0n) is 14.4. The van der Waals surface area contributed by atoms with E-state index in [0.717, 1.165) is 17.7 Å². The number of halogens is 2. The Bertz CT molecular complexity index is 903. The molecule has 0 saturated carbocycles. The van der Waals surface area contributed by atoms with Gasteiger partial charge in [0.05, 0.1) is 0 Å². The fourth-order valence-electron chi connectivity index (χ4n) is 2.69. The number of nitrogens with zero attached hydrogens (tertiary/aromatic N) is 2. The molecule has 7 heteroatoms. The molecule has 0 aliphatic rings. The summed E-state index contributed by atoms with van der Waals surface area (Å²) >= 11 is 0. The van der Waals surface area contributed by atoms with Crippen LogP contribution < -0.4 is 4.74 Å². The molecule has 2 aromatic carbocycles. The van der Waals surface area contributed by atoms with Crippen LogP contribution in [0.1, 0.15) is 23.4 Å². The summed E-state index contributed by atoms with van der Waals surface area (Å²) in [6.07, 6.45) is 3.22. The number of benzene rings is 2. The van der Waals surface area contributed by atoms with Gasteiger partial charge in [-0.25, -0.2) is 13.8 Å². The Morgan fingerprint density at radius 3 is 2.48 bits per heavy atom. The number of aromatic nitrogens is 2. The van der Waals surface area contributed by atoms with E-state index in [9.17, 15) is 13.6 Å². The average Bonchev–Trinajstić information content (AvgIpc) is 3.07. The summed E-state index contributed by atoms with van der Waals surface area (Å²) in [4.78, 5) is 14.8. The van der Waals surface area contributed by atoms with Crippen LogP contribution in [0.3, 0.4) is 0 Å². The van der Waals surface area contributed by atoms with E-state index in [4.69, 9.17) is 9.84 Å². The summed E-state index contributed by atoms with van der Waals surface area (Å²) in [5.74, 6) is -2.72. The quantitative estimate of drug-likeness (QED) is 0.653. The summed E-state index contributed by atoms with van der Waals surface area (Å²) in [7, 11) is 0. The number of hydrogen-bond donors (Lipinski definition) is 1. The zero-order valence-corrected chi connectivity index (χ0v) is 14.4. The van der Waals surface area contributed by atoms with E-state index in [2.05, 4.69) is 4.98 Å². The lowest BCUT2D eigenvalue weighted by Gasteiger charge is -2.12. The number of carboxylic acids is 1. The highest BCUT2D eigenvalue weighted by molar-refractivity contribution is 5.67. The van der Waals surface area contributed by atoms with Gasteiger partial charge in [-0.2, -0.15) is 0 Å². The van der Waals surface area contributed by atoms with E-state index >= 15 is 0 Å². The highest BCUT2D eigenvalue weighted by Crippen LogP contribution is 2.25. The molecule has 0 atom stereocenters. The second-order valence-corrected chi connectivity index (χ2v) is 6.03. The van der Waals surface area contributed by atoms with Gasteiger partial charge in [0.25, 0.3) is 0 Å². The van der Waals surface area contributed by atoms with Crippen molar-refractivity contribution in [2.24, 2.45) is 0 Å². The van der Waals surface area contributed by atoms with Crippen LogP contribution in [-0.4, -0.2) is 20.6 Å². The maximum absolute atomic E-state index is 14.2. The van der Waals surface area contributed by atoms with Crippen molar-refractivity contribution >= 4 is 5.97 Å². The predicted octanol–water partition coefficient (Wildman–Crippen LogP) is 3.81. The van der Waals surface area contributed by atoms with Crippen molar-refractivity contribution in [1.82, 2.24) is 9.55 Å². The van der Waals surface area contributed by atoms with Gasteiger partial charge in [-0.1, -0.05) is 30.3 Å².